The number of hydrogen-bond donors (Lipinski definition) is 3. The van der Waals surface area contributed by atoms with E-state index < -0.39 is 22.8 Å². The predicted octanol–water partition coefficient (Wildman–Crippen LogP) is 3.34. The molecule has 0 fully saturated rings. The lowest BCUT2D eigenvalue weighted by Crippen LogP contribution is -2.24. The van der Waals surface area contributed by atoms with Crippen molar-refractivity contribution in [3.63, 3.8) is 0 Å². The maximum Gasteiger partial charge on any atom is 0.266 e. The lowest BCUT2D eigenvalue weighted by atomic mass is 10.1. The smallest absolute Gasteiger partial charge is 0.266 e. The molecule has 31 heavy (non-hydrogen) atoms. The van der Waals surface area contributed by atoms with Crippen LogP contribution in [0.5, 0.6) is 17.2 Å². The Bertz CT molecular complexity index is 1340. The van der Waals surface area contributed by atoms with Crippen molar-refractivity contribution < 1.29 is 19.4 Å². The van der Waals surface area contributed by atoms with Gasteiger partial charge >= 0.3 is 0 Å². The number of pyridine rings is 1. The van der Waals surface area contributed by atoms with Gasteiger partial charge < -0.3 is 24.9 Å². The molecule has 0 unspecified atom stereocenters. The summed E-state index contributed by atoms with van der Waals surface area (Å²) in [6, 6.07) is 11.5. The van der Waals surface area contributed by atoms with Gasteiger partial charge in [0.25, 0.3) is 11.5 Å². The molecule has 4 rings (SSSR count). The third kappa shape index (κ3) is 3.66. The van der Waals surface area contributed by atoms with Crippen LogP contribution in [-0.4, -0.2) is 40.0 Å². The fourth-order valence-corrected chi connectivity index (χ4v) is 3.26. The number of fused-ring (bicyclic) bond motifs is 1. The summed E-state index contributed by atoms with van der Waals surface area (Å²) >= 11 is 5.91. The number of hydrogen-bond acceptors (Lipinski definition) is 6. The molecule has 0 aliphatic carbocycles. The van der Waals surface area contributed by atoms with E-state index in [-0.39, 0.29) is 11.0 Å². The van der Waals surface area contributed by atoms with E-state index >= 15 is 0 Å². The first-order valence-corrected chi connectivity index (χ1v) is 9.43. The highest BCUT2D eigenvalue weighted by Gasteiger charge is 2.23. The van der Waals surface area contributed by atoms with Crippen molar-refractivity contribution >= 4 is 34.2 Å². The quantitative estimate of drug-likeness (QED) is 0.438. The number of aromatic amines is 1. The molecule has 158 valence electrons. The second-order valence-corrected chi connectivity index (χ2v) is 6.93. The normalized spacial score (nSPS) is 10.8. The molecule has 10 heteroatoms. The van der Waals surface area contributed by atoms with Crippen molar-refractivity contribution in [3.05, 3.63) is 69.6 Å². The maximum atomic E-state index is 12.8. The molecule has 0 aliphatic heterocycles. The molecular formula is C21H17ClN4O5. The van der Waals surface area contributed by atoms with Crippen molar-refractivity contribution in [2.45, 2.75) is 0 Å². The molecule has 2 heterocycles. The fraction of sp³-hybridized carbons (Fsp3) is 0.0952. The summed E-state index contributed by atoms with van der Waals surface area (Å²) < 4.78 is 11.8. The number of methoxy groups -OCH3 is 2. The number of carbonyl (C=O) groups excluding carboxylic acids is 1. The summed E-state index contributed by atoms with van der Waals surface area (Å²) in [5, 5.41) is 18.2. The van der Waals surface area contributed by atoms with Crippen LogP contribution in [0, 0.1) is 0 Å². The number of ether oxygens (including phenoxy) is 2. The molecule has 4 aromatic rings. The van der Waals surface area contributed by atoms with Crippen LogP contribution in [0.4, 0.5) is 5.69 Å². The lowest BCUT2D eigenvalue weighted by molar-refractivity contribution is 0.102. The van der Waals surface area contributed by atoms with Gasteiger partial charge in [0, 0.05) is 11.1 Å². The van der Waals surface area contributed by atoms with Gasteiger partial charge in [0.1, 0.15) is 28.5 Å². The Morgan fingerprint density at radius 2 is 1.90 bits per heavy atom. The van der Waals surface area contributed by atoms with Crippen LogP contribution < -0.4 is 20.3 Å². The Morgan fingerprint density at radius 3 is 2.58 bits per heavy atom. The number of amides is 1. The number of rotatable bonds is 5. The highest BCUT2D eigenvalue weighted by atomic mass is 35.5. The minimum absolute atomic E-state index is 0.210. The van der Waals surface area contributed by atoms with E-state index in [1.165, 1.54) is 25.1 Å². The Balaban J connectivity index is 1.74. The number of aromatic nitrogens is 3. The first-order valence-electron chi connectivity index (χ1n) is 9.05. The fourth-order valence-electron chi connectivity index (χ4n) is 3.13. The van der Waals surface area contributed by atoms with Crippen molar-refractivity contribution in [2.24, 2.45) is 0 Å². The molecule has 0 spiro atoms. The van der Waals surface area contributed by atoms with Gasteiger partial charge in [-0.05, 0) is 36.4 Å². The number of aromatic hydroxyl groups is 1. The van der Waals surface area contributed by atoms with Crippen LogP contribution in [-0.2, 0) is 0 Å². The lowest BCUT2D eigenvalue weighted by Gasteiger charge is -2.12. The second kappa shape index (κ2) is 8.04. The first kappa shape index (κ1) is 20.3. The van der Waals surface area contributed by atoms with Crippen molar-refractivity contribution in [3.8, 4) is 22.9 Å². The van der Waals surface area contributed by atoms with Gasteiger partial charge in [0.05, 0.1) is 37.2 Å². The number of nitrogens with zero attached hydrogens (tertiary/aromatic N) is 2. The van der Waals surface area contributed by atoms with E-state index in [0.717, 1.165) is 0 Å². The van der Waals surface area contributed by atoms with Gasteiger partial charge in [0.2, 0.25) is 0 Å². The standard InChI is InChI=1S/C21H17ClN4O5/c1-30-13-7-8-15(16(9-13)31-2)24-20(28)17-18(27)14-10-23-26(19(14)25-21(17)29)12-5-3-11(22)4-6-12/h3-10H,1-2H3,(H,24,28)(H2,25,27,29). The predicted molar refractivity (Wildman–Crippen MR) is 116 cm³/mol. The third-order valence-corrected chi connectivity index (χ3v) is 4.93. The van der Waals surface area contributed by atoms with Crippen molar-refractivity contribution in [2.75, 3.05) is 19.5 Å². The number of benzene rings is 2. The number of halogens is 1. The van der Waals surface area contributed by atoms with E-state index in [1.54, 1.807) is 42.5 Å². The van der Waals surface area contributed by atoms with Crippen LogP contribution in [0.2, 0.25) is 5.02 Å². The zero-order valence-corrected chi connectivity index (χ0v) is 17.2. The molecule has 0 aliphatic rings. The molecule has 1 amide bonds. The zero-order valence-electron chi connectivity index (χ0n) is 16.5. The maximum absolute atomic E-state index is 12.8. The van der Waals surface area contributed by atoms with Gasteiger partial charge in [-0.15, -0.1) is 0 Å². The van der Waals surface area contributed by atoms with Crippen LogP contribution in [0.25, 0.3) is 16.7 Å². The second-order valence-electron chi connectivity index (χ2n) is 6.49. The largest absolute Gasteiger partial charge is 0.506 e. The Morgan fingerprint density at radius 1 is 1.16 bits per heavy atom. The summed E-state index contributed by atoms with van der Waals surface area (Å²) in [7, 11) is 2.94. The zero-order chi connectivity index (χ0) is 22.1. The Labute approximate surface area is 180 Å². The Kier molecular flexibility index (Phi) is 5.26. The molecule has 0 radical (unpaired) electrons. The SMILES string of the molecule is COc1ccc(NC(=O)c2c(O)c3cnn(-c4ccc(Cl)cc4)c3[nH]c2=O)c(OC)c1. The molecule has 0 atom stereocenters. The molecule has 2 aromatic heterocycles. The molecule has 9 nitrogen and oxygen atoms in total. The first-order chi connectivity index (χ1) is 14.9. The number of anilines is 1. The topological polar surface area (TPSA) is 118 Å². The average molecular weight is 441 g/mol. The third-order valence-electron chi connectivity index (χ3n) is 4.68. The van der Waals surface area contributed by atoms with Crippen LogP contribution >= 0.6 is 11.6 Å². The van der Waals surface area contributed by atoms with Gasteiger partial charge in [-0.1, -0.05) is 11.6 Å². The monoisotopic (exact) mass is 440 g/mol. The minimum Gasteiger partial charge on any atom is -0.506 e. The van der Waals surface area contributed by atoms with Crippen LogP contribution in [0.1, 0.15) is 10.4 Å². The summed E-state index contributed by atoms with van der Waals surface area (Å²) in [4.78, 5) is 28.1. The molecule has 0 saturated carbocycles. The van der Waals surface area contributed by atoms with Crippen LogP contribution in [0.15, 0.2) is 53.5 Å². The molecular weight excluding hydrogens is 424 g/mol. The Hall–Kier alpha value is -3.98. The van der Waals surface area contributed by atoms with Gasteiger partial charge in [-0.25, -0.2) is 4.68 Å². The highest BCUT2D eigenvalue weighted by Crippen LogP contribution is 2.31. The summed E-state index contributed by atoms with van der Waals surface area (Å²) in [5.41, 5.74) is -0.0474. The van der Waals surface area contributed by atoms with E-state index in [4.69, 9.17) is 21.1 Å². The minimum atomic E-state index is -0.802. The van der Waals surface area contributed by atoms with Crippen molar-refractivity contribution in [1.29, 1.82) is 0 Å². The molecule has 0 saturated heterocycles. The van der Waals surface area contributed by atoms with E-state index in [9.17, 15) is 14.7 Å². The molecule has 3 N–H and O–H groups in total. The van der Waals surface area contributed by atoms with Crippen LogP contribution in [0.3, 0.4) is 0 Å². The van der Waals surface area contributed by atoms with E-state index in [1.807, 2.05) is 0 Å². The van der Waals surface area contributed by atoms with Gasteiger partial charge in [0.15, 0.2) is 0 Å². The highest BCUT2D eigenvalue weighted by molar-refractivity contribution is 6.30. The van der Waals surface area contributed by atoms with Gasteiger partial charge in [-0.3, -0.25) is 9.59 Å². The average Bonchev–Trinajstić information content (AvgIpc) is 3.18. The summed E-state index contributed by atoms with van der Waals surface area (Å²) in [6.07, 6.45) is 1.36. The number of nitrogens with one attached hydrogen (secondary N) is 2. The van der Waals surface area contributed by atoms with Crippen molar-refractivity contribution in [1.82, 2.24) is 14.8 Å². The summed E-state index contributed by atoms with van der Waals surface area (Å²) in [5.74, 6) is -0.417. The molecule has 2 aromatic carbocycles. The van der Waals surface area contributed by atoms with E-state index in [2.05, 4.69) is 15.4 Å². The summed E-state index contributed by atoms with van der Waals surface area (Å²) in [6.45, 7) is 0. The number of carbonyl (C=O) groups is 1. The van der Waals surface area contributed by atoms with E-state index in [0.29, 0.717) is 27.9 Å². The number of H-pyrrole nitrogens is 1. The molecule has 0 bridgehead atoms. The van der Waals surface area contributed by atoms with Gasteiger partial charge in [-0.2, -0.15) is 5.10 Å².